The van der Waals surface area contributed by atoms with E-state index >= 15 is 0 Å². The molecule has 26 heavy (non-hydrogen) atoms. The fraction of sp³-hybridized carbons (Fsp3) is 0.300. The van der Waals surface area contributed by atoms with Crippen molar-refractivity contribution < 1.29 is 14.3 Å². The number of anilines is 2. The number of benzene rings is 2. The van der Waals surface area contributed by atoms with Gasteiger partial charge in [0.25, 0.3) is 5.91 Å². The van der Waals surface area contributed by atoms with E-state index in [0.717, 1.165) is 11.1 Å². The molecule has 0 aromatic heterocycles. The van der Waals surface area contributed by atoms with Gasteiger partial charge < -0.3 is 20.7 Å². The summed E-state index contributed by atoms with van der Waals surface area (Å²) >= 11 is 0. The number of hydrogen-bond donors (Lipinski definition) is 3. The highest BCUT2D eigenvalue weighted by Gasteiger charge is 2.07. The molecule has 2 aromatic carbocycles. The Kier molecular flexibility index (Phi) is 6.60. The van der Waals surface area contributed by atoms with E-state index in [1.807, 2.05) is 45.9 Å². The molecule has 2 aromatic rings. The molecule has 0 aliphatic rings. The van der Waals surface area contributed by atoms with Gasteiger partial charge in [0.05, 0.1) is 0 Å². The number of carbonyl (C=O) groups is 2. The summed E-state index contributed by atoms with van der Waals surface area (Å²) in [6.45, 7) is 7.62. The minimum Gasteiger partial charge on any atom is -0.483 e. The van der Waals surface area contributed by atoms with E-state index in [-0.39, 0.29) is 24.6 Å². The fourth-order valence-electron chi connectivity index (χ4n) is 2.27. The topological polar surface area (TPSA) is 79.5 Å². The maximum absolute atomic E-state index is 12.1. The van der Waals surface area contributed by atoms with E-state index in [9.17, 15) is 9.59 Å². The summed E-state index contributed by atoms with van der Waals surface area (Å²) in [4.78, 5) is 23.7. The number of urea groups is 1. The van der Waals surface area contributed by atoms with E-state index in [1.165, 1.54) is 0 Å². The number of nitrogens with one attached hydrogen (secondary N) is 3. The SMILES string of the molecule is Cc1ccc(C)c(OCC(=O)Nc2ccc(NC(=O)NC(C)C)cc2)c1. The van der Waals surface area contributed by atoms with Crippen molar-refractivity contribution >= 4 is 23.3 Å². The highest BCUT2D eigenvalue weighted by atomic mass is 16.5. The Labute approximate surface area is 153 Å². The average molecular weight is 355 g/mol. The van der Waals surface area contributed by atoms with Crippen molar-refractivity contribution in [3.05, 3.63) is 53.6 Å². The van der Waals surface area contributed by atoms with Crippen LogP contribution in [0.5, 0.6) is 5.75 Å². The first-order chi connectivity index (χ1) is 12.3. The molecule has 0 atom stereocenters. The van der Waals surface area contributed by atoms with Gasteiger partial charge in [-0.2, -0.15) is 0 Å². The number of amides is 3. The molecule has 2 rings (SSSR count). The van der Waals surface area contributed by atoms with Gasteiger partial charge in [0.1, 0.15) is 5.75 Å². The number of rotatable bonds is 6. The number of carbonyl (C=O) groups excluding carboxylic acids is 2. The minimum atomic E-state index is -0.265. The molecular formula is C20H25N3O3. The van der Waals surface area contributed by atoms with Gasteiger partial charge in [-0.25, -0.2) is 4.79 Å². The van der Waals surface area contributed by atoms with Crippen LogP contribution < -0.4 is 20.7 Å². The lowest BCUT2D eigenvalue weighted by Crippen LogP contribution is -2.34. The van der Waals surface area contributed by atoms with Crippen LogP contribution in [0, 0.1) is 13.8 Å². The zero-order valence-corrected chi connectivity index (χ0v) is 15.6. The van der Waals surface area contributed by atoms with Gasteiger partial charge in [0.15, 0.2) is 6.61 Å². The zero-order chi connectivity index (χ0) is 19.1. The third kappa shape index (κ3) is 6.12. The molecule has 6 heteroatoms. The van der Waals surface area contributed by atoms with Gasteiger partial charge in [0.2, 0.25) is 0 Å². The van der Waals surface area contributed by atoms with Gasteiger partial charge in [-0.15, -0.1) is 0 Å². The van der Waals surface area contributed by atoms with Crippen LogP contribution >= 0.6 is 0 Å². The van der Waals surface area contributed by atoms with Crippen LogP contribution in [0.15, 0.2) is 42.5 Å². The summed E-state index contributed by atoms with van der Waals surface area (Å²) in [5.74, 6) is 0.458. The lowest BCUT2D eigenvalue weighted by atomic mass is 10.1. The highest BCUT2D eigenvalue weighted by Crippen LogP contribution is 2.19. The Balaban J connectivity index is 1.85. The third-order valence-electron chi connectivity index (χ3n) is 3.55. The summed E-state index contributed by atoms with van der Waals surface area (Å²) in [7, 11) is 0. The van der Waals surface area contributed by atoms with Crippen LogP contribution in [-0.2, 0) is 4.79 Å². The van der Waals surface area contributed by atoms with E-state index in [1.54, 1.807) is 24.3 Å². The molecule has 3 amide bonds. The lowest BCUT2D eigenvalue weighted by molar-refractivity contribution is -0.118. The van der Waals surface area contributed by atoms with E-state index in [2.05, 4.69) is 16.0 Å². The van der Waals surface area contributed by atoms with Crippen molar-refractivity contribution in [3.8, 4) is 5.75 Å². The molecule has 0 radical (unpaired) electrons. The van der Waals surface area contributed by atoms with Crippen LogP contribution in [0.3, 0.4) is 0 Å². The summed E-state index contributed by atoms with van der Waals surface area (Å²) < 4.78 is 5.59. The molecule has 0 fully saturated rings. The Morgan fingerprint density at radius 2 is 1.58 bits per heavy atom. The molecule has 0 saturated carbocycles. The van der Waals surface area contributed by atoms with Crippen LogP contribution in [-0.4, -0.2) is 24.6 Å². The molecular weight excluding hydrogens is 330 g/mol. The second-order valence-corrected chi connectivity index (χ2v) is 6.44. The molecule has 0 aliphatic carbocycles. The number of ether oxygens (including phenoxy) is 1. The monoisotopic (exact) mass is 355 g/mol. The van der Waals surface area contributed by atoms with E-state index in [4.69, 9.17) is 4.74 Å². The molecule has 138 valence electrons. The van der Waals surface area contributed by atoms with Gasteiger partial charge in [-0.3, -0.25) is 4.79 Å². The maximum atomic E-state index is 12.1. The van der Waals surface area contributed by atoms with Crippen LogP contribution in [0.25, 0.3) is 0 Å². The van der Waals surface area contributed by atoms with Crippen LogP contribution in [0.1, 0.15) is 25.0 Å². The second-order valence-electron chi connectivity index (χ2n) is 6.44. The fourth-order valence-corrected chi connectivity index (χ4v) is 2.27. The highest BCUT2D eigenvalue weighted by molar-refractivity contribution is 5.93. The Morgan fingerprint density at radius 1 is 0.962 bits per heavy atom. The zero-order valence-electron chi connectivity index (χ0n) is 15.6. The van der Waals surface area contributed by atoms with Crippen LogP contribution in [0.2, 0.25) is 0 Å². The second kappa shape index (κ2) is 8.89. The Hall–Kier alpha value is -3.02. The predicted octanol–water partition coefficient (Wildman–Crippen LogP) is 3.85. The van der Waals surface area contributed by atoms with Crippen LogP contribution in [0.4, 0.5) is 16.2 Å². The smallest absolute Gasteiger partial charge is 0.319 e. The van der Waals surface area contributed by atoms with Crippen molar-refractivity contribution in [2.75, 3.05) is 17.2 Å². The van der Waals surface area contributed by atoms with Crippen molar-refractivity contribution in [3.63, 3.8) is 0 Å². The first kappa shape index (κ1) is 19.3. The van der Waals surface area contributed by atoms with Gasteiger partial charge in [-0.1, -0.05) is 12.1 Å². The molecule has 3 N–H and O–H groups in total. The summed E-state index contributed by atoms with van der Waals surface area (Å²) in [5, 5.41) is 8.23. The molecule has 0 spiro atoms. The first-order valence-corrected chi connectivity index (χ1v) is 8.51. The van der Waals surface area contributed by atoms with Crippen molar-refractivity contribution in [1.82, 2.24) is 5.32 Å². The number of aryl methyl sites for hydroxylation is 2. The quantitative estimate of drug-likeness (QED) is 0.736. The largest absolute Gasteiger partial charge is 0.483 e. The predicted molar refractivity (Wildman–Crippen MR) is 104 cm³/mol. The molecule has 0 bridgehead atoms. The van der Waals surface area contributed by atoms with Gasteiger partial charge in [0, 0.05) is 17.4 Å². The summed E-state index contributed by atoms with van der Waals surface area (Å²) in [6.07, 6.45) is 0. The van der Waals surface area contributed by atoms with Gasteiger partial charge in [-0.05, 0) is 69.2 Å². The van der Waals surface area contributed by atoms with Crippen molar-refractivity contribution in [2.24, 2.45) is 0 Å². The molecule has 0 heterocycles. The van der Waals surface area contributed by atoms with Crippen molar-refractivity contribution in [2.45, 2.75) is 33.7 Å². The standard InChI is InChI=1S/C20H25N3O3/c1-13(2)21-20(25)23-17-9-7-16(8-10-17)22-19(24)12-26-18-11-14(3)5-6-15(18)4/h5-11,13H,12H2,1-4H3,(H,22,24)(H2,21,23,25). The van der Waals surface area contributed by atoms with E-state index in [0.29, 0.717) is 17.1 Å². The van der Waals surface area contributed by atoms with Crippen molar-refractivity contribution in [1.29, 1.82) is 0 Å². The summed E-state index contributed by atoms with van der Waals surface area (Å²) in [6, 6.07) is 12.6. The normalized spacial score (nSPS) is 10.3. The maximum Gasteiger partial charge on any atom is 0.319 e. The minimum absolute atomic E-state index is 0.0607. The Morgan fingerprint density at radius 3 is 2.19 bits per heavy atom. The Bertz CT molecular complexity index is 770. The van der Waals surface area contributed by atoms with Gasteiger partial charge >= 0.3 is 6.03 Å². The number of hydrogen-bond acceptors (Lipinski definition) is 3. The molecule has 0 aliphatic heterocycles. The molecule has 0 saturated heterocycles. The third-order valence-corrected chi connectivity index (χ3v) is 3.55. The molecule has 6 nitrogen and oxygen atoms in total. The summed E-state index contributed by atoms with van der Waals surface area (Å²) in [5.41, 5.74) is 3.34. The van der Waals surface area contributed by atoms with E-state index < -0.39 is 0 Å². The first-order valence-electron chi connectivity index (χ1n) is 8.51. The average Bonchev–Trinajstić information content (AvgIpc) is 2.56. The molecule has 0 unspecified atom stereocenters. The lowest BCUT2D eigenvalue weighted by Gasteiger charge is -2.12.